The van der Waals surface area contributed by atoms with Crippen LogP contribution < -0.4 is 5.32 Å². The first-order chi connectivity index (χ1) is 9.97. The molecular weight excluding hydrogens is 304 g/mol. The van der Waals surface area contributed by atoms with E-state index in [4.69, 9.17) is 11.6 Å². The Hall–Kier alpha value is -1.66. The van der Waals surface area contributed by atoms with Gasteiger partial charge in [0, 0.05) is 5.54 Å². The highest BCUT2D eigenvalue weighted by molar-refractivity contribution is 6.29. The zero-order valence-corrected chi connectivity index (χ0v) is 14.2. The molecule has 0 aliphatic heterocycles. The molecule has 0 saturated heterocycles. The Labute approximate surface area is 134 Å². The van der Waals surface area contributed by atoms with E-state index in [-0.39, 0.29) is 17.9 Å². The minimum atomic E-state index is -1.08. The quantitative estimate of drug-likeness (QED) is 0.851. The molecule has 0 radical (unpaired) electrons. The van der Waals surface area contributed by atoms with E-state index < -0.39 is 5.60 Å². The van der Waals surface area contributed by atoms with Gasteiger partial charge in [-0.15, -0.1) is 0 Å². The smallest absolute Gasteiger partial charge is 0.229 e. The number of nitrogens with one attached hydrogen (secondary N) is 1. The van der Waals surface area contributed by atoms with Crippen LogP contribution in [0.25, 0.3) is 11.2 Å². The zero-order valence-electron chi connectivity index (χ0n) is 13.4. The number of aliphatic hydroxyl groups is 1. The summed E-state index contributed by atoms with van der Waals surface area (Å²) in [5.74, 6) is 0.0888. The van der Waals surface area contributed by atoms with Crippen molar-refractivity contribution in [1.82, 2.24) is 14.5 Å². The fraction of sp³-hybridized carbons (Fsp3) is 0.533. The number of carbonyl (C=O) groups excluding carboxylic acids is 1. The minimum absolute atomic E-state index is 0.0193. The Bertz CT molecular complexity index is 711. The van der Waals surface area contributed by atoms with Crippen molar-refractivity contribution in [2.45, 2.75) is 52.2 Å². The highest BCUT2D eigenvalue weighted by Crippen LogP contribution is 2.28. The largest absolute Gasteiger partial charge is 0.390 e. The van der Waals surface area contributed by atoms with E-state index >= 15 is 0 Å². The molecule has 0 atom stereocenters. The van der Waals surface area contributed by atoms with Crippen molar-refractivity contribution in [2.24, 2.45) is 0 Å². The summed E-state index contributed by atoms with van der Waals surface area (Å²) in [5.41, 5.74) is -0.162. The normalized spacial score (nSPS) is 12.7. The third-order valence-electron chi connectivity index (χ3n) is 2.99. The van der Waals surface area contributed by atoms with Crippen LogP contribution in [0.1, 0.15) is 41.0 Å². The van der Waals surface area contributed by atoms with Gasteiger partial charge in [0.05, 0.1) is 12.0 Å². The van der Waals surface area contributed by atoms with Gasteiger partial charge in [0.25, 0.3) is 0 Å². The van der Waals surface area contributed by atoms with Crippen molar-refractivity contribution in [3.63, 3.8) is 0 Å². The molecule has 0 fully saturated rings. The van der Waals surface area contributed by atoms with Crippen molar-refractivity contribution < 1.29 is 9.90 Å². The predicted octanol–water partition coefficient (Wildman–Crippen LogP) is 2.94. The summed E-state index contributed by atoms with van der Waals surface area (Å²) in [6, 6.07) is 3.42. The van der Waals surface area contributed by atoms with Crippen molar-refractivity contribution in [3.8, 4) is 0 Å². The molecule has 2 N–H and O–H groups in total. The van der Waals surface area contributed by atoms with E-state index in [1.165, 1.54) is 0 Å². The Kier molecular flexibility index (Phi) is 4.19. The number of hydrogen-bond donors (Lipinski definition) is 2. The summed E-state index contributed by atoms with van der Waals surface area (Å²) in [5, 5.41) is 12.9. The number of aromatic nitrogens is 3. The molecule has 0 aromatic carbocycles. The van der Waals surface area contributed by atoms with Gasteiger partial charge in [-0.3, -0.25) is 14.7 Å². The molecule has 0 aliphatic carbocycles. The molecule has 7 heteroatoms. The van der Waals surface area contributed by atoms with Crippen molar-refractivity contribution in [2.75, 3.05) is 5.32 Å². The van der Waals surface area contributed by atoms with Crippen LogP contribution in [0.5, 0.6) is 0 Å². The van der Waals surface area contributed by atoms with E-state index in [1.54, 1.807) is 26.0 Å². The lowest BCUT2D eigenvalue weighted by atomic mass is 10.1. The van der Waals surface area contributed by atoms with Gasteiger partial charge >= 0.3 is 0 Å². The number of rotatable bonds is 3. The molecule has 2 rings (SSSR count). The lowest BCUT2D eigenvalue weighted by Crippen LogP contribution is -2.30. The fourth-order valence-electron chi connectivity index (χ4n) is 2.22. The average Bonchev–Trinajstić information content (AvgIpc) is 2.62. The molecule has 2 heterocycles. The Morgan fingerprint density at radius 3 is 2.45 bits per heavy atom. The highest BCUT2D eigenvalue weighted by atomic mass is 35.5. The molecular formula is C15H21ClN4O2. The zero-order chi connectivity index (χ0) is 16.7. The number of nitrogens with zero attached hydrogens (tertiary/aromatic N) is 3. The molecule has 2 aromatic rings. The Morgan fingerprint density at radius 2 is 1.91 bits per heavy atom. The first-order valence-corrected chi connectivity index (χ1v) is 7.43. The van der Waals surface area contributed by atoms with E-state index in [0.29, 0.717) is 22.3 Å². The second-order valence-corrected chi connectivity index (χ2v) is 7.34. The van der Waals surface area contributed by atoms with Crippen molar-refractivity contribution in [3.05, 3.63) is 17.3 Å². The minimum Gasteiger partial charge on any atom is -0.390 e. The number of anilines is 1. The average molecular weight is 325 g/mol. The van der Waals surface area contributed by atoms with Crippen LogP contribution in [-0.2, 0) is 10.3 Å². The standard InChI is InChI=1S/C15H21ClN4O2/c1-14(2,3)20-12-9(6-7-10(16)18-12)17-13(20)19-11(21)8-15(4,5)22/h6-7,22H,8H2,1-5H3,(H,17,19,21). The number of amides is 1. The molecule has 0 saturated carbocycles. The van der Waals surface area contributed by atoms with Crippen molar-refractivity contribution in [1.29, 1.82) is 0 Å². The lowest BCUT2D eigenvalue weighted by molar-refractivity contribution is -0.119. The van der Waals surface area contributed by atoms with E-state index in [2.05, 4.69) is 15.3 Å². The fourth-order valence-corrected chi connectivity index (χ4v) is 2.36. The maximum atomic E-state index is 12.1. The summed E-state index contributed by atoms with van der Waals surface area (Å²) in [6.45, 7) is 9.13. The van der Waals surface area contributed by atoms with Crippen LogP contribution in [0.15, 0.2) is 12.1 Å². The second-order valence-electron chi connectivity index (χ2n) is 6.96. The number of fused-ring (bicyclic) bond motifs is 1. The number of hydrogen-bond acceptors (Lipinski definition) is 4. The number of halogens is 1. The first kappa shape index (κ1) is 16.7. The molecule has 0 bridgehead atoms. The van der Waals surface area contributed by atoms with Crippen LogP contribution in [0.3, 0.4) is 0 Å². The molecule has 22 heavy (non-hydrogen) atoms. The molecule has 6 nitrogen and oxygen atoms in total. The van der Waals surface area contributed by atoms with Gasteiger partial charge in [0.2, 0.25) is 11.9 Å². The van der Waals surface area contributed by atoms with Crippen molar-refractivity contribution >= 4 is 34.6 Å². The Morgan fingerprint density at radius 1 is 1.27 bits per heavy atom. The summed E-state index contributed by atoms with van der Waals surface area (Å²) in [7, 11) is 0. The topological polar surface area (TPSA) is 80.0 Å². The maximum absolute atomic E-state index is 12.1. The van der Waals surface area contributed by atoms with Crippen LogP contribution >= 0.6 is 11.6 Å². The summed E-state index contributed by atoms with van der Waals surface area (Å²) >= 11 is 5.97. The van der Waals surface area contributed by atoms with Crippen LogP contribution in [0.2, 0.25) is 5.15 Å². The predicted molar refractivity (Wildman–Crippen MR) is 87.1 cm³/mol. The maximum Gasteiger partial charge on any atom is 0.229 e. The van der Waals surface area contributed by atoms with Gasteiger partial charge in [-0.05, 0) is 46.8 Å². The van der Waals surface area contributed by atoms with Gasteiger partial charge in [0.1, 0.15) is 10.7 Å². The summed E-state index contributed by atoms with van der Waals surface area (Å²) < 4.78 is 1.83. The van der Waals surface area contributed by atoms with Gasteiger partial charge in [0.15, 0.2) is 5.65 Å². The number of carbonyl (C=O) groups is 1. The molecule has 1 amide bonds. The Balaban J connectivity index is 2.47. The molecule has 2 aromatic heterocycles. The van der Waals surface area contributed by atoms with Gasteiger partial charge in [-0.25, -0.2) is 9.97 Å². The SMILES string of the molecule is CC(C)(O)CC(=O)Nc1nc2ccc(Cl)nc2n1C(C)(C)C. The van der Waals surface area contributed by atoms with Gasteiger partial charge in [-0.2, -0.15) is 0 Å². The lowest BCUT2D eigenvalue weighted by Gasteiger charge is -2.24. The van der Waals surface area contributed by atoms with Crippen LogP contribution in [0.4, 0.5) is 5.95 Å². The van der Waals surface area contributed by atoms with E-state index in [9.17, 15) is 9.90 Å². The molecule has 120 valence electrons. The molecule has 0 spiro atoms. The van der Waals surface area contributed by atoms with E-state index in [0.717, 1.165) is 0 Å². The summed E-state index contributed by atoms with van der Waals surface area (Å²) in [4.78, 5) is 20.8. The first-order valence-electron chi connectivity index (χ1n) is 7.05. The number of imidazole rings is 1. The van der Waals surface area contributed by atoms with Crippen LogP contribution in [0, 0.1) is 0 Å². The van der Waals surface area contributed by atoms with E-state index in [1.807, 2.05) is 25.3 Å². The third kappa shape index (κ3) is 3.75. The molecule has 0 aliphatic rings. The van der Waals surface area contributed by atoms with Gasteiger partial charge < -0.3 is 5.11 Å². The van der Waals surface area contributed by atoms with Gasteiger partial charge in [-0.1, -0.05) is 11.6 Å². The number of pyridine rings is 1. The van der Waals surface area contributed by atoms with Crippen LogP contribution in [-0.4, -0.2) is 31.1 Å². The molecule has 0 unspecified atom stereocenters. The monoisotopic (exact) mass is 324 g/mol. The highest BCUT2D eigenvalue weighted by Gasteiger charge is 2.25. The second kappa shape index (κ2) is 5.52. The summed E-state index contributed by atoms with van der Waals surface area (Å²) in [6.07, 6.45) is -0.0193. The third-order valence-corrected chi connectivity index (χ3v) is 3.20.